The molecule has 4 heterocycles. The van der Waals surface area contributed by atoms with Gasteiger partial charge in [0.2, 0.25) is 0 Å². The molecule has 56 heavy (non-hydrogen) atoms. The van der Waals surface area contributed by atoms with Crippen LogP contribution in [0, 0.1) is 0 Å². The fourth-order valence-corrected chi connectivity index (χ4v) is 8.94. The van der Waals surface area contributed by atoms with E-state index in [0.29, 0.717) is 99.0 Å². The van der Waals surface area contributed by atoms with Crippen molar-refractivity contribution in [2.75, 3.05) is 0 Å². The number of para-hydroxylation sites is 4. The number of rotatable bonds is 0. The Morgan fingerprint density at radius 1 is 0.339 bits per heavy atom. The summed E-state index contributed by atoms with van der Waals surface area (Å²) in [6.45, 7) is 11.1. The van der Waals surface area contributed by atoms with E-state index in [2.05, 4.69) is 34.4 Å². The largest absolute Gasteiger partial charge is 0.507 e. The van der Waals surface area contributed by atoms with Crippen LogP contribution in [0.15, 0.2) is 97.1 Å². The van der Waals surface area contributed by atoms with Gasteiger partial charge in [0, 0.05) is 72.6 Å². The molecule has 0 amide bonds. The van der Waals surface area contributed by atoms with Gasteiger partial charge in [0.15, 0.2) is 0 Å². The molecule has 296 valence electrons. The topological polar surface area (TPSA) is 129 Å². The molecule has 4 aliphatic heterocycles. The van der Waals surface area contributed by atoms with Crippen molar-refractivity contribution >= 4 is 0 Å². The molecule has 2 fully saturated rings. The summed E-state index contributed by atoms with van der Waals surface area (Å²) in [7, 11) is 0. The van der Waals surface area contributed by atoms with Gasteiger partial charge in [-0.3, -0.25) is 0 Å². The van der Waals surface area contributed by atoms with E-state index < -0.39 is 0 Å². The lowest BCUT2D eigenvalue weighted by molar-refractivity contribution is 0.303. The fraction of sp³-hybridized carbons (Fsp3) is 0.417. The van der Waals surface area contributed by atoms with E-state index in [9.17, 15) is 20.4 Å². The number of hydrogen-bond donors (Lipinski definition) is 8. The van der Waals surface area contributed by atoms with E-state index in [1.165, 1.54) is 0 Å². The summed E-state index contributed by atoms with van der Waals surface area (Å²) in [4.78, 5) is 0. The normalized spacial score (nSPS) is 23.4. The second kappa shape index (κ2) is 18.6. The minimum absolute atomic E-state index is 0.318. The number of aromatic hydroxyl groups is 4. The highest BCUT2D eigenvalue weighted by Crippen LogP contribution is 2.32. The van der Waals surface area contributed by atoms with Gasteiger partial charge in [0.1, 0.15) is 23.0 Å². The Bertz CT molecular complexity index is 1710. The second-order valence-electron chi connectivity index (χ2n) is 16.5. The van der Waals surface area contributed by atoms with Crippen molar-refractivity contribution in [2.24, 2.45) is 0 Å². The van der Waals surface area contributed by atoms with E-state index >= 15 is 0 Å². The Labute approximate surface area is 332 Å². The van der Waals surface area contributed by atoms with Crippen LogP contribution < -0.4 is 21.3 Å². The fourth-order valence-electron chi connectivity index (χ4n) is 8.94. The SMILES string of the molecule is C=C1Cc2cccc(c2O)CNC2CCC(CC2)NCc2cccc(c2O)CC(=C)Cc2cccc(c2O)CNC2CCC(CC2)NCc2cccc(c2O)C1. The van der Waals surface area contributed by atoms with Gasteiger partial charge in [-0.15, -0.1) is 0 Å². The average Bonchev–Trinajstić information content (AvgIpc) is 3.20. The van der Waals surface area contributed by atoms with Crippen molar-refractivity contribution < 1.29 is 20.4 Å². The quantitative estimate of drug-likeness (QED) is 0.0852. The van der Waals surface area contributed by atoms with Crippen LogP contribution in [-0.4, -0.2) is 44.6 Å². The summed E-state index contributed by atoms with van der Waals surface area (Å²) in [6, 6.07) is 25.3. The molecule has 0 unspecified atom stereocenters. The summed E-state index contributed by atoms with van der Waals surface area (Å²) in [5, 5.41) is 59.8. The minimum atomic E-state index is 0.318. The molecular formula is C48H60N4O4. The van der Waals surface area contributed by atoms with E-state index in [1.54, 1.807) is 0 Å². The molecule has 2 aliphatic carbocycles. The minimum Gasteiger partial charge on any atom is -0.507 e. The lowest BCUT2D eigenvalue weighted by Gasteiger charge is -2.30. The van der Waals surface area contributed by atoms with Gasteiger partial charge in [-0.1, -0.05) is 97.1 Å². The van der Waals surface area contributed by atoms with Gasteiger partial charge in [-0.2, -0.15) is 0 Å². The molecule has 2 saturated carbocycles. The van der Waals surface area contributed by atoms with E-state index in [-0.39, 0.29) is 0 Å². The molecule has 10 rings (SSSR count). The molecule has 8 heteroatoms. The van der Waals surface area contributed by atoms with Gasteiger partial charge in [0.25, 0.3) is 0 Å². The van der Waals surface area contributed by atoms with E-state index in [4.69, 9.17) is 0 Å². The molecule has 0 atom stereocenters. The first-order chi connectivity index (χ1) is 27.2. The highest BCUT2D eigenvalue weighted by Gasteiger charge is 2.24. The van der Waals surface area contributed by atoms with E-state index in [1.807, 2.05) is 72.8 Å². The van der Waals surface area contributed by atoms with Crippen molar-refractivity contribution in [3.05, 3.63) is 142 Å². The zero-order valence-corrected chi connectivity index (χ0v) is 32.8. The van der Waals surface area contributed by atoms with Crippen LogP contribution in [0.5, 0.6) is 23.0 Å². The standard InChI is InChI=1S/C48H60N4O4/c1-31-23-33-7-3-11-37(45(33)53)27-49-41-15-19-43(20-16-41)51-29-39-13-5-9-35(47(39)55)25-32(2)26-36-10-6-14-40(48(36)56)30-52-44-21-17-42(18-22-44)50-28-38-12-4-8-34(24-31)46(38)54/h3-14,41-44,49-56H,1-2,15-30H2. The molecule has 4 aromatic carbocycles. The molecule has 0 aromatic heterocycles. The smallest absolute Gasteiger partial charge is 0.123 e. The first-order valence-electron chi connectivity index (χ1n) is 20.7. The zero-order valence-electron chi connectivity index (χ0n) is 32.8. The first-order valence-corrected chi connectivity index (χ1v) is 20.7. The maximum Gasteiger partial charge on any atom is 0.123 e. The molecule has 0 spiro atoms. The second-order valence-corrected chi connectivity index (χ2v) is 16.5. The van der Waals surface area contributed by atoms with Crippen molar-refractivity contribution in [1.29, 1.82) is 0 Å². The van der Waals surface area contributed by atoms with Crippen LogP contribution in [0.1, 0.15) is 95.9 Å². The van der Waals surface area contributed by atoms with Gasteiger partial charge in [0.05, 0.1) is 0 Å². The van der Waals surface area contributed by atoms with E-state index in [0.717, 1.165) is 107 Å². The maximum absolute atomic E-state index is 11.3. The molecule has 8 nitrogen and oxygen atoms in total. The number of hydrogen-bond acceptors (Lipinski definition) is 8. The van der Waals surface area contributed by atoms with Gasteiger partial charge < -0.3 is 41.7 Å². The molecule has 0 radical (unpaired) electrons. The monoisotopic (exact) mass is 756 g/mol. The molecular weight excluding hydrogens is 697 g/mol. The summed E-state index contributed by atoms with van der Waals surface area (Å²) in [6.07, 6.45) is 10.4. The number of allylic oxidation sites excluding steroid dienone is 2. The van der Waals surface area contributed by atoms with Crippen molar-refractivity contribution in [2.45, 2.75) is 127 Å². The Morgan fingerprint density at radius 3 is 0.750 bits per heavy atom. The molecule has 4 aromatic rings. The summed E-state index contributed by atoms with van der Waals surface area (Å²) in [5.74, 6) is 1.27. The van der Waals surface area contributed by atoms with Crippen molar-refractivity contribution in [3.8, 4) is 23.0 Å². The van der Waals surface area contributed by atoms with Crippen LogP contribution in [0.4, 0.5) is 0 Å². The van der Waals surface area contributed by atoms with Gasteiger partial charge in [-0.25, -0.2) is 0 Å². The highest BCUT2D eigenvalue weighted by molar-refractivity contribution is 5.47. The zero-order chi connectivity index (χ0) is 39.0. The number of nitrogens with one attached hydrogen (secondary N) is 4. The van der Waals surface area contributed by atoms with Gasteiger partial charge >= 0.3 is 0 Å². The Morgan fingerprint density at radius 2 is 0.536 bits per heavy atom. The molecule has 0 saturated heterocycles. The number of phenols is 4. The predicted molar refractivity (Wildman–Crippen MR) is 225 cm³/mol. The lowest BCUT2D eigenvalue weighted by atomic mass is 9.90. The average molecular weight is 757 g/mol. The highest BCUT2D eigenvalue weighted by atomic mass is 16.3. The van der Waals surface area contributed by atoms with Crippen molar-refractivity contribution in [3.63, 3.8) is 0 Å². The maximum atomic E-state index is 11.3. The Hall–Kier alpha value is -4.60. The molecule has 6 aliphatic rings. The molecule has 12 bridgehead atoms. The van der Waals surface area contributed by atoms with Crippen LogP contribution in [0.3, 0.4) is 0 Å². The van der Waals surface area contributed by atoms with Crippen LogP contribution in [0.2, 0.25) is 0 Å². The Balaban J connectivity index is 1.04. The van der Waals surface area contributed by atoms with Crippen molar-refractivity contribution in [1.82, 2.24) is 21.3 Å². The predicted octanol–water partition coefficient (Wildman–Crippen LogP) is 7.89. The number of phenolic OH excluding ortho intramolecular Hbond substituents is 4. The third-order valence-corrected chi connectivity index (χ3v) is 12.4. The summed E-state index contributed by atoms with van der Waals surface area (Å²) < 4.78 is 0. The number of benzene rings is 4. The first kappa shape index (κ1) is 39.6. The van der Waals surface area contributed by atoms with Crippen LogP contribution in [0.25, 0.3) is 0 Å². The molecule has 8 N–H and O–H groups in total. The van der Waals surface area contributed by atoms with Gasteiger partial charge in [-0.05, 0) is 99.3 Å². The lowest BCUT2D eigenvalue weighted by Crippen LogP contribution is -2.39. The third-order valence-electron chi connectivity index (χ3n) is 12.4. The Kier molecular flexibility index (Phi) is 13.1. The summed E-state index contributed by atoms with van der Waals surface area (Å²) in [5.41, 5.74) is 8.82. The third kappa shape index (κ3) is 10.0. The van der Waals surface area contributed by atoms with Crippen LogP contribution in [-0.2, 0) is 51.9 Å². The summed E-state index contributed by atoms with van der Waals surface area (Å²) >= 11 is 0. The van der Waals surface area contributed by atoms with Crippen LogP contribution >= 0.6 is 0 Å².